The SMILES string of the molecule is C[C@H](NC(=O)CN[C@@H](C)[C@@H]1CCCO1)c1ccccc1. The summed E-state index contributed by atoms with van der Waals surface area (Å²) in [5.41, 5.74) is 1.12. The number of hydrogen-bond donors (Lipinski definition) is 2. The standard InChI is InChI=1S/C16H24N2O2/c1-12(14-7-4-3-5-8-14)18-16(19)11-17-13(2)15-9-6-10-20-15/h3-5,7-8,12-13,15,17H,6,9-11H2,1-2H3,(H,18,19)/t12-,13-,15-/m0/s1. The highest BCUT2D eigenvalue weighted by atomic mass is 16.5. The molecule has 2 rings (SSSR count). The average molecular weight is 276 g/mol. The van der Waals surface area contributed by atoms with E-state index in [9.17, 15) is 4.79 Å². The first-order valence-electron chi connectivity index (χ1n) is 7.36. The van der Waals surface area contributed by atoms with E-state index in [-0.39, 0.29) is 24.1 Å². The van der Waals surface area contributed by atoms with Crippen LogP contribution in [0.15, 0.2) is 30.3 Å². The molecule has 1 amide bonds. The predicted molar refractivity (Wildman–Crippen MR) is 79.4 cm³/mol. The van der Waals surface area contributed by atoms with Crippen LogP contribution in [0.4, 0.5) is 0 Å². The van der Waals surface area contributed by atoms with Crippen molar-refractivity contribution in [2.75, 3.05) is 13.2 Å². The Morgan fingerprint density at radius 1 is 1.35 bits per heavy atom. The van der Waals surface area contributed by atoms with Crippen LogP contribution in [0.25, 0.3) is 0 Å². The van der Waals surface area contributed by atoms with E-state index in [1.807, 2.05) is 37.3 Å². The zero-order valence-corrected chi connectivity index (χ0v) is 12.3. The van der Waals surface area contributed by atoms with Crippen LogP contribution in [-0.4, -0.2) is 31.2 Å². The Labute approximate surface area is 120 Å². The summed E-state index contributed by atoms with van der Waals surface area (Å²) in [6.45, 7) is 5.24. The highest BCUT2D eigenvalue weighted by molar-refractivity contribution is 5.78. The van der Waals surface area contributed by atoms with Gasteiger partial charge in [0, 0.05) is 12.6 Å². The number of rotatable bonds is 6. The van der Waals surface area contributed by atoms with Gasteiger partial charge in [0.1, 0.15) is 0 Å². The molecule has 4 nitrogen and oxygen atoms in total. The molecule has 1 fully saturated rings. The minimum atomic E-state index is 0.0196. The molecule has 20 heavy (non-hydrogen) atoms. The number of carbonyl (C=O) groups is 1. The van der Waals surface area contributed by atoms with Gasteiger partial charge in [-0.05, 0) is 32.3 Å². The van der Waals surface area contributed by atoms with Crippen molar-refractivity contribution in [3.05, 3.63) is 35.9 Å². The fraction of sp³-hybridized carbons (Fsp3) is 0.562. The van der Waals surface area contributed by atoms with E-state index in [4.69, 9.17) is 4.74 Å². The van der Waals surface area contributed by atoms with E-state index in [0.29, 0.717) is 6.54 Å². The molecule has 4 heteroatoms. The zero-order valence-electron chi connectivity index (χ0n) is 12.3. The van der Waals surface area contributed by atoms with E-state index in [1.54, 1.807) is 0 Å². The van der Waals surface area contributed by atoms with Crippen molar-refractivity contribution in [1.29, 1.82) is 0 Å². The molecule has 0 spiro atoms. The number of amides is 1. The molecular weight excluding hydrogens is 252 g/mol. The molecule has 0 aliphatic carbocycles. The summed E-state index contributed by atoms with van der Waals surface area (Å²) in [4.78, 5) is 11.9. The molecule has 2 N–H and O–H groups in total. The van der Waals surface area contributed by atoms with Crippen LogP contribution in [0.1, 0.15) is 38.3 Å². The van der Waals surface area contributed by atoms with Gasteiger partial charge in [-0.3, -0.25) is 4.79 Å². The largest absolute Gasteiger partial charge is 0.377 e. The fourth-order valence-electron chi connectivity index (χ4n) is 2.50. The maximum Gasteiger partial charge on any atom is 0.234 e. The van der Waals surface area contributed by atoms with Crippen molar-refractivity contribution < 1.29 is 9.53 Å². The first-order chi connectivity index (χ1) is 9.66. The number of ether oxygens (including phenoxy) is 1. The molecule has 0 bridgehead atoms. The van der Waals surface area contributed by atoms with Gasteiger partial charge >= 0.3 is 0 Å². The number of benzene rings is 1. The third-order valence-corrected chi connectivity index (χ3v) is 3.78. The van der Waals surface area contributed by atoms with E-state index >= 15 is 0 Å². The van der Waals surface area contributed by atoms with E-state index in [2.05, 4.69) is 17.6 Å². The van der Waals surface area contributed by atoms with Gasteiger partial charge in [-0.15, -0.1) is 0 Å². The zero-order chi connectivity index (χ0) is 14.4. The van der Waals surface area contributed by atoms with E-state index in [1.165, 1.54) is 0 Å². The minimum Gasteiger partial charge on any atom is -0.377 e. The fourth-order valence-corrected chi connectivity index (χ4v) is 2.50. The van der Waals surface area contributed by atoms with E-state index < -0.39 is 0 Å². The summed E-state index contributed by atoms with van der Waals surface area (Å²) in [6.07, 6.45) is 2.44. The molecule has 0 radical (unpaired) electrons. The molecule has 0 unspecified atom stereocenters. The maximum atomic E-state index is 11.9. The molecule has 110 valence electrons. The van der Waals surface area contributed by atoms with Gasteiger partial charge in [-0.1, -0.05) is 30.3 Å². The van der Waals surface area contributed by atoms with Crippen molar-refractivity contribution >= 4 is 5.91 Å². The number of nitrogens with one attached hydrogen (secondary N) is 2. The number of hydrogen-bond acceptors (Lipinski definition) is 3. The maximum absolute atomic E-state index is 11.9. The Morgan fingerprint density at radius 3 is 2.75 bits per heavy atom. The first kappa shape index (κ1) is 15.0. The molecular formula is C16H24N2O2. The Morgan fingerprint density at radius 2 is 2.10 bits per heavy atom. The van der Waals surface area contributed by atoms with Crippen LogP contribution in [0.2, 0.25) is 0 Å². The normalized spacial score (nSPS) is 21.4. The number of carbonyl (C=O) groups excluding carboxylic acids is 1. The van der Waals surface area contributed by atoms with Gasteiger partial charge < -0.3 is 15.4 Å². The Kier molecular flexibility index (Phi) is 5.56. The lowest BCUT2D eigenvalue weighted by atomic mass is 10.1. The van der Waals surface area contributed by atoms with Crippen molar-refractivity contribution in [1.82, 2.24) is 10.6 Å². The van der Waals surface area contributed by atoms with Gasteiger partial charge in [-0.25, -0.2) is 0 Å². The monoisotopic (exact) mass is 276 g/mol. The predicted octanol–water partition coefficient (Wildman–Crippen LogP) is 2.02. The van der Waals surface area contributed by atoms with Gasteiger partial charge in [0.2, 0.25) is 5.91 Å². The third kappa shape index (κ3) is 4.32. The summed E-state index contributed by atoms with van der Waals surface area (Å²) < 4.78 is 5.60. The van der Waals surface area contributed by atoms with Gasteiger partial charge in [0.05, 0.1) is 18.7 Å². The molecule has 1 aromatic carbocycles. The molecule has 0 saturated carbocycles. The van der Waals surface area contributed by atoms with Gasteiger partial charge in [-0.2, -0.15) is 0 Å². The average Bonchev–Trinajstić information content (AvgIpc) is 3.00. The minimum absolute atomic E-state index is 0.0196. The van der Waals surface area contributed by atoms with Crippen molar-refractivity contribution in [3.63, 3.8) is 0 Å². The van der Waals surface area contributed by atoms with Crippen molar-refractivity contribution in [3.8, 4) is 0 Å². The van der Waals surface area contributed by atoms with Crippen LogP contribution in [-0.2, 0) is 9.53 Å². The second-order valence-electron chi connectivity index (χ2n) is 5.42. The smallest absolute Gasteiger partial charge is 0.234 e. The highest BCUT2D eigenvalue weighted by Gasteiger charge is 2.22. The van der Waals surface area contributed by atoms with Crippen molar-refractivity contribution in [2.24, 2.45) is 0 Å². The molecule has 1 aromatic rings. The topological polar surface area (TPSA) is 50.4 Å². The van der Waals surface area contributed by atoms with Crippen molar-refractivity contribution in [2.45, 2.75) is 44.9 Å². The van der Waals surface area contributed by atoms with Gasteiger partial charge in [0.15, 0.2) is 0 Å². The van der Waals surface area contributed by atoms with Crippen LogP contribution in [0.5, 0.6) is 0 Å². The molecule has 1 heterocycles. The molecule has 1 saturated heterocycles. The summed E-state index contributed by atoms with van der Waals surface area (Å²) in [5.74, 6) is 0.0196. The van der Waals surface area contributed by atoms with Crippen LogP contribution >= 0.6 is 0 Å². The van der Waals surface area contributed by atoms with Crippen LogP contribution in [0.3, 0.4) is 0 Å². The summed E-state index contributed by atoms with van der Waals surface area (Å²) in [5, 5.41) is 6.24. The molecule has 1 aliphatic rings. The Bertz CT molecular complexity index is 416. The Balaban J connectivity index is 1.72. The van der Waals surface area contributed by atoms with E-state index in [0.717, 1.165) is 25.0 Å². The lowest BCUT2D eigenvalue weighted by Gasteiger charge is -2.20. The molecule has 3 atom stereocenters. The Hall–Kier alpha value is -1.39. The summed E-state index contributed by atoms with van der Waals surface area (Å²) >= 11 is 0. The summed E-state index contributed by atoms with van der Waals surface area (Å²) in [6, 6.07) is 10.2. The van der Waals surface area contributed by atoms with Crippen LogP contribution in [0, 0.1) is 0 Å². The lowest BCUT2D eigenvalue weighted by molar-refractivity contribution is -0.121. The quantitative estimate of drug-likeness (QED) is 0.836. The third-order valence-electron chi connectivity index (χ3n) is 3.78. The second kappa shape index (κ2) is 7.41. The van der Waals surface area contributed by atoms with Crippen LogP contribution < -0.4 is 10.6 Å². The highest BCUT2D eigenvalue weighted by Crippen LogP contribution is 2.15. The molecule has 0 aromatic heterocycles. The second-order valence-corrected chi connectivity index (χ2v) is 5.42. The summed E-state index contributed by atoms with van der Waals surface area (Å²) in [7, 11) is 0. The first-order valence-corrected chi connectivity index (χ1v) is 7.36. The lowest BCUT2D eigenvalue weighted by Crippen LogP contribution is -2.43. The molecule has 1 aliphatic heterocycles. The van der Waals surface area contributed by atoms with Gasteiger partial charge in [0.25, 0.3) is 0 Å².